The summed E-state index contributed by atoms with van der Waals surface area (Å²) >= 11 is 0. The highest BCUT2D eigenvalue weighted by atomic mass is 16.6. The number of carboxylic acid groups (broad SMARTS) is 1. The monoisotopic (exact) mass is 337 g/mol. The van der Waals surface area contributed by atoms with E-state index in [1.165, 1.54) is 6.92 Å². The summed E-state index contributed by atoms with van der Waals surface area (Å²) in [6, 6.07) is 8.75. The lowest BCUT2D eigenvalue weighted by atomic mass is 9.94. The van der Waals surface area contributed by atoms with E-state index >= 15 is 0 Å². The van der Waals surface area contributed by atoms with Crippen molar-refractivity contribution in [3.63, 3.8) is 0 Å². The van der Waals surface area contributed by atoms with Crippen molar-refractivity contribution in [2.45, 2.75) is 58.3 Å². The molecule has 0 aliphatic rings. The van der Waals surface area contributed by atoms with E-state index in [9.17, 15) is 14.7 Å². The highest BCUT2D eigenvalue weighted by Gasteiger charge is 2.27. The summed E-state index contributed by atoms with van der Waals surface area (Å²) in [6.45, 7) is 6.78. The molecule has 6 nitrogen and oxygen atoms in total. The smallest absolute Gasteiger partial charge is 0.407 e. The van der Waals surface area contributed by atoms with Crippen molar-refractivity contribution < 1.29 is 24.5 Å². The molecule has 1 amide bonds. The summed E-state index contributed by atoms with van der Waals surface area (Å²) in [4.78, 5) is 23.0. The first kappa shape index (κ1) is 20.0. The summed E-state index contributed by atoms with van der Waals surface area (Å²) in [5, 5.41) is 22.1. The molecule has 6 heteroatoms. The lowest BCUT2D eigenvalue weighted by Crippen LogP contribution is -2.47. The SMILES string of the molecule is CC(CC(O)[C@H](Cc1ccccc1)NC(=O)OC(C)(C)C)C(=O)O. The molecule has 24 heavy (non-hydrogen) atoms. The van der Waals surface area contributed by atoms with E-state index in [-0.39, 0.29) is 6.42 Å². The number of ether oxygens (including phenoxy) is 1. The molecule has 0 saturated carbocycles. The summed E-state index contributed by atoms with van der Waals surface area (Å²) in [5.41, 5.74) is 0.279. The van der Waals surface area contributed by atoms with Gasteiger partial charge in [-0.2, -0.15) is 0 Å². The van der Waals surface area contributed by atoms with Gasteiger partial charge in [-0.1, -0.05) is 37.3 Å². The van der Waals surface area contributed by atoms with Gasteiger partial charge in [0, 0.05) is 0 Å². The van der Waals surface area contributed by atoms with Crippen molar-refractivity contribution in [2.24, 2.45) is 5.92 Å². The van der Waals surface area contributed by atoms with Crippen LogP contribution in [0.2, 0.25) is 0 Å². The number of benzene rings is 1. The van der Waals surface area contributed by atoms with E-state index in [1.807, 2.05) is 30.3 Å². The number of aliphatic hydroxyl groups excluding tert-OH is 1. The van der Waals surface area contributed by atoms with Crippen LogP contribution in [0.4, 0.5) is 4.79 Å². The topological polar surface area (TPSA) is 95.9 Å². The minimum atomic E-state index is -0.996. The maximum absolute atomic E-state index is 12.0. The van der Waals surface area contributed by atoms with Crippen LogP contribution in [-0.4, -0.2) is 40.0 Å². The number of rotatable bonds is 7. The van der Waals surface area contributed by atoms with Crippen LogP contribution in [-0.2, 0) is 16.0 Å². The Morgan fingerprint density at radius 3 is 2.29 bits per heavy atom. The van der Waals surface area contributed by atoms with Gasteiger partial charge in [0.05, 0.1) is 18.1 Å². The number of hydrogen-bond donors (Lipinski definition) is 3. The Morgan fingerprint density at radius 2 is 1.79 bits per heavy atom. The molecule has 1 aromatic rings. The molecule has 0 fully saturated rings. The quantitative estimate of drug-likeness (QED) is 0.711. The second-order valence-electron chi connectivity index (χ2n) is 6.98. The first-order valence-corrected chi connectivity index (χ1v) is 8.03. The number of carboxylic acids is 1. The molecule has 0 aromatic heterocycles. The molecule has 0 radical (unpaired) electrons. The Labute approximate surface area is 142 Å². The van der Waals surface area contributed by atoms with Crippen LogP contribution in [0, 0.1) is 5.92 Å². The van der Waals surface area contributed by atoms with Crippen LogP contribution in [0.3, 0.4) is 0 Å². The number of carbonyl (C=O) groups excluding carboxylic acids is 1. The predicted molar refractivity (Wildman–Crippen MR) is 90.7 cm³/mol. The van der Waals surface area contributed by atoms with Crippen molar-refractivity contribution in [3.8, 4) is 0 Å². The number of aliphatic carboxylic acids is 1. The van der Waals surface area contributed by atoms with E-state index in [0.717, 1.165) is 5.56 Å². The van der Waals surface area contributed by atoms with Gasteiger partial charge in [-0.15, -0.1) is 0 Å². The Morgan fingerprint density at radius 1 is 1.21 bits per heavy atom. The van der Waals surface area contributed by atoms with Gasteiger partial charge in [-0.3, -0.25) is 4.79 Å². The molecule has 0 bridgehead atoms. The molecule has 0 aliphatic carbocycles. The molecule has 1 rings (SSSR count). The second kappa shape index (κ2) is 8.68. The van der Waals surface area contributed by atoms with Crippen LogP contribution in [0.1, 0.15) is 39.7 Å². The molecular formula is C18H27NO5. The van der Waals surface area contributed by atoms with Crippen molar-refractivity contribution in [1.82, 2.24) is 5.32 Å². The maximum Gasteiger partial charge on any atom is 0.407 e. The summed E-state index contributed by atoms with van der Waals surface area (Å²) < 4.78 is 5.23. The van der Waals surface area contributed by atoms with Gasteiger partial charge in [0.2, 0.25) is 0 Å². The third kappa shape index (κ3) is 7.46. The molecule has 0 spiro atoms. The van der Waals surface area contributed by atoms with Crippen molar-refractivity contribution in [2.75, 3.05) is 0 Å². The van der Waals surface area contributed by atoms with Gasteiger partial charge in [0.1, 0.15) is 5.60 Å². The van der Waals surface area contributed by atoms with Crippen LogP contribution in [0.25, 0.3) is 0 Å². The first-order chi connectivity index (χ1) is 11.1. The van der Waals surface area contributed by atoms with Crippen LogP contribution in [0.5, 0.6) is 0 Å². The fourth-order valence-corrected chi connectivity index (χ4v) is 2.24. The molecule has 2 unspecified atom stereocenters. The Balaban J connectivity index is 2.82. The Hall–Kier alpha value is -2.08. The average molecular weight is 337 g/mol. The van der Waals surface area contributed by atoms with E-state index in [4.69, 9.17) is 9.84 Å². The largest absolute Gasteiger partial charge is 0.481 e. The van der Waals surface area contributed by atoms with Gasteiger partial charge in [-0.25, -0.2) is 4.79 Å². The van der Waals surface area contributed by atoms with Gasteiger partial charge >= 0.3 is 12.1 Å². The van der Waals surface area contributed by atoms with Gasteiger partial charge in [0.25, 0.3) is 0 Å². The molecule has 0 aliphatic heterocycles. The van der Waals surface area contributed by atoms with Crippen molar-refractivity contribution >= 4 is 12.1 Å². The van der Waals surface area contributed by atoms with E-state index in [0.29, 0.717) is 6.42 Å². The lowest BCUT2D eigenvalue weighted by Gasteiger charge is -2.27. The number of alkyl carbamates (subject to hydrolysis) is 1. The van der Waals surface area contributed by atoms with Crippen LogP contribution in [0.15, 0.2) is 30.3 Å². The minimum absolute atomic E-state index is 0.0443. The number of carbonyl (C=O) groups is 2. The number of hydrogen-bond acceptors (Lipinski definition) is 4. The summed E-state index contributed by atoms with van der Waals surface area (Å²) in [6.07, 6.45) is -1.20. The zero-order valence-electron chi connectivity index (χ0n) is 14.7. The Kier molecular flexibility index (Phi) is 7.22. The average Bonchev–Trinajstić information content (AvgIpc) is 2.45. The maximum atomic E-state index is 12.0. The first-order valence-electron chi connectivity index (χ1n) is 8.03. The standard InChI is InChI=1S/C18H27NO5/c1-12(16(21)22)10-15(20)14(11-13-8-6-5-7-9-13)19-17(23)24-18(2,3)4/h5-9,12,14-15,20H,10-11H2,1-4H3,(H,19,23)(H,21,22)/t12?,14-,15?/m0/s1. The predicted octanol–water partition coefficient (Wildman–Crippen LogP) is 2.59. The fraction of sp³-hybridized carbons (Fsp3) is 0.556. The van der Waals surface area contributed by atoms with Crippen molar-refractivity contribution in [3.05, 3.63) is 35.9 Å². The van der Waals surface area contributed by atoms with E-state index in [2.05, 4.69) is 5.32 Å². The van der Waals surface area contributed by atoms with E-state index < -0.39 is 35.7 Å². The zero-order valence-corrected chi connectivity index (χ0v) is 14.7. The molecular weight excluding hydrogens is 310 g/mol. The van der Waals surface area contributed by atoms with Gasteiger partial charge < -0.3 is 20.3 Å². The number of nitrogens with one attached hydrogen (secondary N) is 1. The third-order valence-corrected chi connectivity index (χ3v) is 3.48. The lowest BCUT2D eigenvalue weighted by molar-refractivity contribution is -0.142. The number of aliphatic hydroxyl groups is 1. The number of amides is 1. The highest BCUT2D eigenvalue weighted by Crippen LogP contribution is 2.15. The summed E-state index contributed by atoms with van der Waals surface area (Å²) in [5.74, 6) is -1.69. The zero-order chi connectivity index (χ0) is 18.3. The Bertz CT molecular complexity index is 538. The van der Waals surface area contributed by atoms with Crippen LogP contribution < -0.4 is 5.32 Å². The molecule has 0 heterocycles. The fourth-order valence-electron chi connectivity index (χ4n) is 2.24. The minimum Gasteiger partial charge on any atom is -0.481 e. The third-order valence-electron chi connectivity index (χ3n) is 3.48. The highest BCUT2D eigenvalue weighted by molar-refractivity contribution is 5.70. The van der Waals surface area contributed by atoms with Gasteiger partial charge in [-0.05, 0) is 39.2 Å². The molecule has 3 atom stereocenters. The molecule has 134 valence electrons. The van der Waals surface area contributed by atoms with Crippen molar-refractivity contribution in [1.29, 1.82) is 0 Å². The van der Waals surface area contributed by atoms with Gasteiger partial charge in [0.15, 0.2) is 0 Å². The normalized spacial score (nSPS) is 15.2. The van der Waals surface area contributed by atoms with E-state index in [1.54, 1.807) is 20.8 Å². The molecule has 3 N–H and O–H groups in total. The molecule has 0 saturated heterocycles. The molecule has 1 aromatic carbocycles. The second-order valence-corrected chi connectivity index (χ2v) is 6.98. The summed E-state index contributed by atoms with van der Waals surface area (Å²) in [7, 11) is 0. The van der Waals surface area contributed by atoms with Crippen LogP contribution >= 0.6 is 0 Å².